The van der Waals surface area contributed by atoms with Crippen LogP contribution in [0.3, 0.4) is 0 Å². The second kappa shape index (κ2) is 5.54. The molecule has 0 saturated carbocycles. The van der Waals surface area contributed by atoms with Crippen molar-refractivity contribution in [2.75, 3.05) is 26.8 Å². The third-order valence-corrected chi connectivity index (χ3v) is 4.59. The minimum absolute atomic E-state index is 0.164. The average molecular weight is 273 g/mol. The van der Waals surface area contributed by atoms with E-state index in [-0.39, 0.29) is 11.9 Å². The summed E-state index contributed by atoms with van der Waals surface area (Å²) in [6.45, 7) is 5.08. The van der Waals surface area contributed by atoms with Crippen molar-refractivity contribution in [1.29, 1.82) is 0 Å². The third-order valence-electron chi connectivity index (χ3n) is 4.59. The number of carbonyl (C=O) groups excluding carboxylic acids is 1. The molecule has 4 nitrogen and oxygen atoms in total. The van der Waals surface area contributed by atoms with E-state index < -0.39 is 0 Å². The second-order valence-corrected chi connectivity index (χ2v) is 6.11. The van der Waals surface area contributed by atoms with Gasteiger partial charge in [0.1, 0.15) is 6.04 Å². The number of piperidine rings is 1. The maximum atomic E-state index is 12.7. The quantitative estimate of drug-likeness (QED) is 0.886. The SMILES string of the molecule is CC1CN(C)CCC1N1CNC(c2ccccc2)C1=O. The molecule has 1 N–H and O–H groups in total. The van der Waals surface area contributed by atoms with Crippen LogP contribution >= 0.6 is 0 Å². The molecule has 3 atom stereocenters. The highest BCUT2D eigenvalue weighted by molar-refractivity contribution is 5.85. The summed E-state index contributed by atoms with van der Waals surface area (Å²) in [6, 6.07) is 10.2. The minimum Gasteiger partial charge on any atom is -0.325 e. The molecular formula is C16H23N3O. The van der Waals surface area contributed by atoms with Crippen LogP contribution in [0.25, 0.3) is 0 Å². The summed E-state index contributed by atoms with van der Waals surface area (Å²) in [5.41, 5.74) is 1.07. The Morgan fingerprint density at radius 3 is 2.70 bits per heavy atom. The predicted octanol–water partition coefficient (Wildman–Crippen LogP) is 1.46. The fourth-order valence-corrected chi connectivity index (χ4v) is 3.51. The Morgan fingerprint density at radius 1 is 1.25 bits per heavy atom. The van der Waals surface area contributed by atoms with Crippen molar-refractivity contribution < 1.29 is 4.79 Å². The normalized spacial score (nSPS) is 31.8. The van der Waals surface area contributed by atoms with E-state index in [1.54, 1.807) is 0 Å². The lowest BCUT2D eigenvalue weighted by molar-refractivity contribution is -0.132. The van der Waals surface area contributed by atoms with E-state index >= 15 is 0 Å². The van der Waals surface area contributed by atoms with Gasteiger partial charge in [-0.1, -0.05) is 37.3 Å². The molecule has 1 amide bonds. The van der Waals surface area contributed by atoms with Crippen LogP contribution in [0.15, 0.2) is 30.3 Å². The van der Waals surface area contributed by atoms with Crippen molar-refractivity contribution in [3.05, 3.63) is 35.9 Å². The number of hydrogen-bond acceptors (Lipinski definition) is 3. The van der Waals surface area contributed by atoms with Gasteiger partial charge in [0.25, 0.3) is 0 Å². The van der Waals surface area contributed by atoms with Crippen LogP contribution in [0, 0.1) is 5.92 Å². The molecule has 2 aliphatic heterocycles. The van der Waals surface area contributed by atoms with E-state index in [1.807, 2.05) is 30.3 Å². The number of nitrogens with one attached hydrogen (secondary N) is 1. The number of nitrogens with zero attached hydrogens (tertiary/aromatic N) is 2. The summed E-state index contributed by atoms with van der Waals surface area (Å²) in [4.78, 5) is 17.1. The Bertz CT molecular complexity index is 476. The molecule has 3 unspecified atom stereocenters. The van der Waals surface area contributed by atoms with Crippen LogP contribution in [0.4, 0.5) is 0 Å². The van der Waals surface area contributed by atoms with Crippen molar-refractivity contribution in [2.45, 2.75) is 25.4 Å². The first kappa shape index (κ1) is 13.6. The van der Waals surface area contributed by atoms with Crippen LogP contribution in [-0.2, 0) is 4.79 Å². The molecule has 0 spiro atoms. The Kier molecular flexibility index (Phi) is 3.76. The molecule has 2 fully saturated rings. The zero-order valence-electron chi connectivity index (χ0n) is 12.2. The van der Waals surface area contributed by atoms with Gasteiger partial charge >= 0.3 is 0 Å². The molecule has 4 heteroatoms. The van der Waals surface area contributed by atoms with Gasteiger partial charge in [0.05, 0.1) is 6.67 Å². The van der Waals surface area contributed by atoms with Crippen LogP contribution in [0.5, 0.6) is 0 Å². The topological polar surface area (TPSA) is 35.6 Å². The summed E-state index contributed by atoms with van der Waals surface area (Å²) in [6.07, 6.45) is 1.08. The van der Waals surface area contributed by atoms with Gasteiger partial charge in [0.15, 0.2) is 0 Å². The molecule has 2 aliphatic rings. The first-order chi connectivity index (χ1) is 9.66. The van der Waals surface area contributed by atoms with Crippen LogP contribution < -0.4 is 5.32 Å². The highest BCUT2D eigenvalue weighted by Gasteiger charge is 2.39. The maximum absolute atomic E-state index is 12.7. The molecule has 1 aromatic carbocycles. The third kappa shape index (κ3) is 2.45. The van der Waals surface area contributed by atoms with Gasteiger partial charge in [-0.15, -0.1) is 0 Å². The summed E-state index contributed by atoms with van der Waals surface area (Å²) in [7, 11) is 2.16. The number of benzene rings is 1. The zero-order chi connectivity index (χ0) is 14.1. The fourth-order valence-electron chi connectivity index (χ4n) is 3.51. The monoisotopic (exact) mass is 273 g/mol. The van der Waals surface area contributed by atoms with E-state index in [2.05, 4.69) is 29.1 Å². The van der Waals surface area contributed by atoms with E-state index in [0.717, 1.165) is 25.1 Å². The molecule has 1 aromatic rings. The molecule has 0 radical (unpaired) electrons. The minimum atomic E-state index is -0.164. The van der Waals surface area contributed by atoms with Gasteiger partial charge in [-0.05, 0) is 31.5 Å². The summed E-state index contributed by atoms with van der Waals surface area (Å²) < 4.78 is 0. The van der Waals surface area contributed by atoms with Crippen LogP contribution in [-0.4, -0.2) is 48.6 Å². The molecule has 3 rings (SSSR count). The summed E-state index contributed by atoms with van der Waals surface area (Å²) in [5, 5.41) is 3.36. The molecule has 20 heavy (non-hydrogen) atoms. The van der Waals surface area contributed by atoms with Crippen molar-refractivity contribution in [3.63, 3.8) is 0 Å². The first-order valence-electron chi connectivity index (χ1n) is 7.44. The second-order valence-electron chi connectivity index (χ2n) is 6.11. The lowest BCUT2D eigenvalue weighted by atomic mass is 9.92. The van der Waals surface area contributed by atoms with Crippen molar-refractivity contribution >= 4 is 5.91 Å². The Labute approximate surface area is 120 Å². The lowest BCUT2D eigenvalue weighted by Crippen LogP contribution is -2.50. The highest BCUT2D eigenvalue weighted by atomic mass is 16.2. The molecule has 0 bridgehead atoms. The van der Waals surface area contributed by atoms with Gasteiger partial charge in [-0.2, -0.15) is 0 Å². The lowest BCUT2D eigenvalue weighted by Gasteiger charge is -2.39. The molecule has 108 valence electrons. The van der Waals surface area contributed by atoms with Gasteiger partial charge < -0.3 is 9.80 Å². The molecule has 2 saturated heterocycles. The Balaban J connectivity index is 1.73. The molecule has 2 heterocycles. The number of likely N-dealkylation sites (tertiary alicyclic amines) is 1. The van der Waals surface area contributed by atoms with Gasteiger partial charge in [0, 0.05) is 12.6 Å². The van der Waals surface area contributed by atoms with Crippen LogP contribution in [0.2, 0.25) is 0 Å². The Hall–Kier alpha value is -1.39. The average Bonchev–Trinajstić information content (AvgIpc) is 2.82. The number of amides is 1. The van der Waals surface area contributed by atoms with Gasteiger partial charge in [-0.25, -0.2) is 0 Å². The summed E-state index contributed by atoms with van der Waals surface area (Å²) >= 11 is 0. The van der Waals surface area contributed by atoms with E-state index in [0.29, 0.717) is 18.6 Å². The van der Waals surface area contributed by atoms with E-state index in [9.17, 15) is 4.79 Å². The number of hydrogen-bond donors (Lipinski definition) is 1. The number of carbonyl (C=O) groups is 1. The van der Waals surface area contributed by atoms with Gasteiger partial charge in [0.2, 0.25) is 5.91 Å². The van der Waals surface area contributed by atoms with E-state index in [4.69, 9.17) is 0 Å². The zero-order valence-corrected chi connectivity index (χ0v) is 12.2. The van der Waals surface area contributed by atoms with Crippen molar-refractivity contribution in [1.82, 2.24) is 15.1 Å². The predicted molar refractivity (Wildman–Crippen MR) is 79.1 cm³/mol. The largest absolute Gasteiger partial charge is 0.325 e. The smallest absolute Gasteiger partial charge is 0.245 e. The van der Waals surface area contributed by atoms with E-state index in [1.165, 1.54) is 0 Å². The first-order valence-corrected chi connectivity index (χ1v) is 7.44. The summed E-state index contributed by atoms with van der Waals surface area (Å²) in [5.74, 6) is 0.770. The van der Waals surface area contributed by atoms with Gasteiger partial charge in [-0.3, -0.25) is 10.1 Å². The molecule has 0 aromatic heterocycles. The molecule has 0 aliphatic carbocycles. The highest BCUT2D eigenvalue weighted by Crippen LogP contribution is 2.28. The fraction of sp³-hybridized carbons (Fsp3) is 0.562. The van der Waals surface area contributed by atoms with Crippen molar-refractivity contribution in [2.24, 2.45) is 5.92 Å². The maximum Gasteiger partial charge on any atom is 0.245 e. The number of rotatable bonds is 2. The van der Waals surface area contributed by atoms with Crippen LogP contribution in [0.1, 0.15) is 24.9 Å². The standard InChI is InChI=1S/C16H23N3O/c1-12-10-18(2)9-8-14(12)19-11-17-15(16(19)20)13-6-4-3-5-7-13/h3-7,12,14-15,17H,8-11H2,1-2H3. The molecular weight excluding hydrogens is 250 g/mol. The Morgan fingerprint density at radius 2 is 2.00 bits per heavy atom. The van der Waals surface area contributed by atoms with Crippen molar-refractivity contribution in [3.8, 4) is 0 Å².